The molecule has 0 saturated carbocycles. The molecule has 2 aromatic rings. The van der Waals surface area contributed by atoms with Crippen LogP contribution >= 0.6 is 14.5 Å². The van der Waals surface area contributed by atoms with E-state index in [2.05, 4.69) is 4.31 Å². The van der Waals surface area contributed by atoms with Gasteiger partial charge in [-0.25, -0.2) is 4.57 Å². The van der Waals surface area contributed by atoms with Crippen LogP contribution in [-0.2, 0) is 20.7 Å². The van der Waals surface area contributed by atoms with Crippen LogP contribution in [0.2, 0.25) is 0 Å². The van der Waals surface area contributed by atoms with Crippen LogP contribution in [0.1, 0.15) is 0 Å². The molecule has 2 unspecified atom stereocenters. The molecule has 9 heteroatoms. The van der Waals surface area contributed by atoms with Crippen LogP contribution in [0, 0.1) is 0 Å². The Morgan fingerprint density at radius 2 is 1.24 bits per heavy atom. The summed E-state index contributed by atoms with van der Waals surface area (Å²) in [6.07, 6.45) is 0. The zero-order valence-electron chi connectivity index (χ0n) is 10.6. The molecule has 0 aliphatic heterocycles. The van der Waals surface area contributed by atoms with Gasteiger partial charge in [-0.15, -0.1) is 0 Å². The van der Waals surface area contributed by atoms with E-state index < -0.39 is 14.5 Å². The van der Waals surface area contributed by atoms with Crippen LogP contribution in [0.3, 0.4) is 0 Å². The molecule has 0 aliphatic carbocycles. The third-order valence-corrected chi connectivity index (χ3v) is 5.49. The molecular formula is C12H12O6P2S. The Labute approximate surface area is 126 Å². The molecule has 0 heterocycles. The molecule has 2 aromatic carbocycles. The van der Waals surface area contributed by atoms with Crippen molar-refractivity contribution in [1.29, 1.82) is 0 Å². The summed E-state index contributed by atoms with van der Waals surface area (Å²) in [6, 6.07) is 16.0. The van der Waals surface area contributed by atoms with E-state index in [1.165, 1.54) is 24.3 Å². The van der Waals surface area contributed by atoms with Gasteiger partial charge in [0.1, 0.15) is 11.5 Å². The van der Waals surface area contributed by atoms with Crippen molar-refractivity contribution in [2.45, 2.75) is 0 Å². The first-order valence-electron chi connectivity index (χ1n) is 5.73. The van der Waals surface area contributed by atoms with Gasteiger partial charge in [0.2, 0.25) is 0 Å². The van der Waals surface area contributed by atoms with E-state index in [4.69, 9.17) is 20.9 Å². The van der Waals surface area contributed by atoms with E-state index in [9.17, 15) is 14.4 Å². The molecule has 2 N–H and O–H groups in total. The second kappa shape index (κ2) is 6.71. The topological polar surface area (TPSA) is 85.2 Å². The van der Waals surface area contributed by atoms with Gasteiger partial charge in [-0.05, 0) is 24.3 Å². The molecule has 6 nitrogen and oxygen atoms in total. The molecule has 0 spiro atoms. The van der Waals surface area contributed by atoms with Crippen molar-refractivity contribution in [2.24, 2.45) is 0 Å². The molecule has 0 radical (unpaired) electrons. The Hall–Kier alpha value is -1.20. The van der Waals surface area contributed by atoms with Gasteiger partial charge in [0.05, 0.1) is 0 Å². The van der Waals surface area contributed by atoms with Gasteiger partial charge >= 0.3 is 14.5 Å². The van der Waals surface area contributed by atoms with E-state index in [0.717, 1.165) is 0 Å². The predicted molar refractivity (Wildman–Crippen MR) is 81.6 cm³/mol. The van der Waals surface area contributed by atoms with Crippen LogP contribution in [0.15, 0.2) is 60.7 Å². The van der Waals surface area contributed by atoms with Gasteiger partial charge in [-0.2, -0.15) is 4.31 Å². The summed E-state index contributed by atoms with van der Waals surface area (Å²) in [6.45, 7) is -3.98. The quantitative estimate of drug-likeness (QED) is 0.775. The molecule has 2 atom stereocenters. The lowest BCUT2D eigenvalue weighted by atomic mass is 10.3. The van der Waals surface area contributed by atoms with Crippen LogP contribution in [0.5, 0.6) is 11.5 Å². The number of phosphoric acid groups is 1. The van der Waals surface area contributed by atoms with Crippen molar-refractivity contribution in [3.8, 4) is 11.5 Å². The summed E-state index contributed by atoms with van der Waals surface area (Å²) >= 11 is 4.70. The Morgan fingerprint density at radius 1 is 0.810 bits per heavy atom. The number of benzene rings is 2. The minimum atomic E-state index is -4.60. The van der Waals surface area contributed by atoms with Crippen molar-refractivity contribution < 1.29 is 27.7 Å². The lowest BCUT2D eigenvalue weighted by molar-refractivity contribution is 0.268. The molecular weight excluding hydrogens is 334 g/mol. The van der Waals surface area contributed by atoms with Gasteiger partial charge in [-0.1, -0.05) is 36.4 Å². The number of rotatable bonds is 6. The summed E-state index contributed by atoms with van der Waals surface area (Å²) in [5.74, 6) is 0.334. The maximum Gasteiger partial charge on any atom is 0.535 e. The summed E-state index contributed by atoms with van der Waals surface area (Å²) in [5.41, 5.74) is 0. The first kappa shape index (κ1) is 16.2. The van der Waals surface area contributed by atoms with E-state index in [-0.39, 0.29) is 11.5 Å². The largest absolute Gasteiger partial charge is 0.535 e. The zero-order valence-corrected chi connectivity index (χ0v) is 13.2. The Kier molecular flexibility index (Phi) is 5.17. The normalized spacial score (nSPS) is 16.5. The van der Waals surface area contributed by atoms with Crippen molar-refractivity contribution in [3.05, 3.63) is 60.7 Å². The standard InChI is InChI=1S/C12H12O6P2S/c13-19(14,16-11-7-3-1-4-8-11)18-20(15,21)17-12-9-5-2-6-10-12/h1-10H,(H,13,14)(H,15,21). The van der Waals surface area contributed by atoms with Gasteiger partial charge in [0, 0.05) is 11.8 Å². The van der Waals surface area contributed by atoms with Crippen LogP contribution in [0.4, 0.5) is 0 Å². The average Bonchev–Trinajstić information content (AvgIpc) is 2.38. The van der Waals surface area contributed by atoms with Crippen molar-refractivity contribution in [1.82, 2.24) is 0 Å². The minimum absolute atomic E-state index is 0.109. The van der Waals surface area contributed by atoms with Gasteiger partial charge in [0.25, 0.3) is 0 Å². The lowest BCUT2D eigenvalue weighted by Gasteiger charge is -2.19. The molecule has 21 heavy (non-hydrogen) atoms. The second-order valence-electron chi connectivity index (χ2n) is 3.83. The van der Waals surface area contributed by atoms with Gasteiger partial charge in [0.15, 0.2) is 0 Å². The van der Waals surface area contributed by atoms with Crippen LogP contribution < -0.4 is 9.05 Å². The molecule has 0 bridgehead atoms. The summed E-state index contributed by atoms with van der Waals surface area (Å²) in [5, 5.41) is 0. The third-order valence-electron chi connectivity index (χ3n) is 2.13. The van der Waals surface area contributed by atoms with Gasteiger partial charge < -0.3 is 13.9 Å². The number of hydrogen-bond donors (Lipinski definition) is 2. The van der Waals surface area contributed by atoms with Crippen molar-refractivity contribution >= 4 is 26.3 Å². The second-order valence-corrected chi connectivity index (χ2v) is 8.10. The maximum absolute atomic E-state index is 11.8. The van der Waals surface area contributed by atoms with Crippen molar-refractivity contribution in [3.63, 3.8) is 0 Å². The highest BCUT2D eigenvalue weighted by Crippen LogP contribution is 2.59. The SMILES string of the molecule is O=P(O)(Oc1ccccc1)OP(O)(=S)Oc1ccccc1. The molecule has 0 aliphatic rings. The summed E-state index contributed by atoms with van der Waals surface area (Å²) < 4.78 is 26.2. The highest BCUT2D eigenvalue weighted by molar-refractivity contribution is 8.08. The number of hydrogen-bond acceptors (Lipinski definition) is 5. The lowest BCUT2D eigenvalue weighted by Crippen LogP contribution is -2.00. The molecule has 0 fully saturated rings. The van der Waals surface area contributed by atoms with E-state index in [1.807, 2.05) is 0 Å². The highest BCUT2D eigenvalue weighted by atomic mass is 32.5. The fourth-order valence-electron chi connectivity index (χ4n) is 1.39. The molecule has 0 aromatic heterocycles. The molecule has 112 valence electrons. The highest BCUT2D eigenvalue weighted by Gasteiger charge is 2.34. The monoisotopic (exact) mass is 346 g/mol. The first-order valence-corrected chi connectivity index (χ1v) is 9.81. The average molecular weight is 346 g/mol. The smallest absolute Gasteiger partial charge is 0.424 e. The first-order chi connectivity index (χ1) is 9.86. The number of phosphoric ester groups is 1. The van der Waals surface area contributed by atoms with E-state index >= 15 is 0 Å². The molecule has 0 saturated heterocycles. The molecule has 0 amide bonds. The van der Waals surface area contributed by atoms with Crippen LogP contribution in [0.25, 0.3) is 0 Å². The van der Waals surface area contributed by atoms with Gasteiger partial charge in [-0.3, -0.25) is 4.89 Å². The van der Waals surface area contributed by atoms with Crippen LogP contribution in [-0.4, -0.2) is 9.79 Å². The minimum Gasteiger partial charge on any atom is -0.424 e. The predicted octanol–water partition coefficient (Wildman–Crippen LogP) is 3.48. The summed E-state index contributed by atoms with van der Waals surface area (Å²) in [7, 11) is -4.60. The Morgan fingerprint density at radius 3 is 1.71 bits per heavy atom. The van der Waals surface area contributed by atoms with E-state index in [0.29, 0.717) is 0 Å². The fourth-order valence-corrected chi connectivity index (χ4v) is 4.50. The third kappa shape index (κ3) is 5.59. The Bertz CT molecular complexity index is 619. The maximum atomic E-state index is 11.8. The number of para-hydroxylation sites is 2. The molecule has 2 rings (SSSR count). The van der Waals surface area contributed by atoms with Crippen molar-refractivity contribution in [2.75, 3.05) is 0 Å². The Balaban J connectivity index is 2.04. The zero-order chi connectivity index (χ0) is 15.3. The summed E-state index contributed by atoms with van der Waals surface area (Å²) in [4.78, 5) is 19.5. The fraction of sp³-hybridized carbons (Fsp3) is 0. The van der Waals surface area contributed by atoms with E-state index in [1.54, 1.807) is 36.4 Å².